The molecular weight excluding hydrogens is 408 g/mol. The van der Waals surface area contributed by atoms with Gasteiger partial charge in [0.25, 0.3) is 0 Å². The Morgan fingerprint density at radius 2 is 1.48 bits per heavy atom. The van der Waals surface area contributed by atoms with Crippen molar-refractivity contribution in [1.29, 1.82) is 0 Å². The maximum absolute atomic E-state index is 13.5. The van der Waals surface area contributed by atoms with Crippen LogP contribution in [0.1, 0.15) is 34.3 Å². The molecule has 0 spiro atoms. The van der Waals surface area contributed by atoms with E-state index < -0.39 is 0 Å². The van der Waals surface area contributed by atoms with E-state index in [1.165, 1.54) is 0 Å². The lowest BCUT2D eigenvalue weighted by atomic mass is 9.77. The molecule has 3 atom stereocenters. The molecule has 3 aromatic rings. The van der Waals surface area contributed by atoms with Crippen LogP contribution < -0.4 is 0 Å². The van der Waals surface area contributed by atoms with Crippen molar-refractivity contribution in [2.45, 2.75) is 19.4 Å². The highest BCUT2D eigenvalue weighted by Gasteiger charge is 2.43. The Morgan fingerprint density at radius 3 is 2.13 bits per heavy atom. The van der Waals surface area contributed by atoms with Gasteiger partial charge in [0.2, 0.25) is 0 Å². The van der Waals surface area contributed by atoms with E-state index in [9.17, 15) is 9.59 Å². The topological polar surface area (TPSA) is 43.4 Å². The van der Waals surface area contributed by atoms with Gasteiger partial charge in [-0.3, -0.25) is 4.79 Å². The van der Waals surface area contributed by atoms with Crippen molar-refractivity contribution in [3.05, 3.63) is 118 Å². The standard InChI is InChI=1S/C27H23ClO3/c1-18-16-23(27(30)31-17-19-8-4-2-5-9-19)25(20-10-6-3-7-11-20)24(18)26(29)21-12-14-22(28)15-13-21/h2-16,18,24-25H,17H2,1H3/t18-,24+,25+/m0/s1. The lowest BCUT2D eigenvalue weighted by Gasteiger charge is -2.24. The Labute approximate surface area is 187 Å². The summed E-state index contributed by atoms with van der Waals surface area (Å²) in [4.78, 5) is 26.5. The Bertz CT molecular complexity index is 1090. The van der Waals surface area contributed by atoms with Crippen molar-refractivity contribution in [2.75, 3.05) is 0 Å². The molecule has 0 unspecified atom stereocenters. The molecule has 0 bridgehead atoms. The molecule has 1 aliphatic carbocycles. The van der Waals surface area contributed by atoms with Crippen LogP contribution in [0.4, 0.5) is 0 Å². The minimum atomic E-state index is -0.386. The fourth-order valence-electron chi connectivity index (χ4n) is 4.23. The summed E-state index contributed by atoms with van der Waals surface area (Å²) in [7, 11) is 0. The first-order valence-corrected chi connectivity index (χ1v) is 10.7. The van der Waals surface area contributed by atoms with Crippen molar-refractivity contribution in [2.24, 2.45) is 11.8 Å². The van der Waals surface area contributed by atoms with Crippen molar-refractivity contribution >= 4 is 23.4 Å². The molecule has 0 fully saturated rings. The maximum Gasteiger partial charge on any atom is 0.334 e. The van der Waals surface area contributed by atoms with Gasteiger partial charge in [-0.05, 0) is 41.3 Å². The summed E-state index contributed by atoms with van der Waals surface area (Å²) < 4.78 is 5.63. The molecule has 3 nitrogen and oxygen atoms in total. The molecule has 0 saturated carbocycles. The molecule has 0 aliphatic heterocycles. The van der Waals surface area contributed by atoms with E-state index in [4.69, 9.17) is 16.3 Å². The van der Waals surface area contributed by atoms with E-state index in [-0.39, 0.29) is 36.1 Å². The van der Waals surface area contributed by atoms with Gasteiger partial charge in [-0.2, -0.15) is 0 Å². The van der Waals surface area contributed by atoms with E-state index >= 15 is 0 Å². The predicted octanol–water partition coefficient (Wildman–Crippen LogP) is 6.24. The Kier molecular flexibility index (Phi) is 6.34. The Hall–Kier alpha value is -3.17. The lowest BCUT2D eigenvalue weighted by molar-refractivity contribution is -0.140. The first-order chi connectivity index (χ1) is 15.0. The number of esters is 1. The molecule has 0 saturated heterocycles. The van der Waals surface area contributed by atoms with Crippen LogP contribution in [0.15, 0.2) is 96.6 Å². The van der Waals surface area contributed by atoms with Gasteiger partial charge in [0, 0.05) is 28.0 Å². The van der Waals surface area contributed by atoms with Gasteiger partial charge in [-0.25, -0.2) is 4.79 Å². The number of benzene rings is 3. The highest BCUT2D eigenvalue weighted by molar-refractivity contribution is 6.30. The van der Waals surface area contributed by atoms with Crippen molar-refractivity contribution in [3.63, 3.8) is 0 Å². The van der Waals surface area contributed by atoms with Crippen LogP contribution in [0.5, 0.6) is 0 Å². The zero-order chi connectivity index (χ0) is 21.8. The molecule has 0 aromatic heterocycles. The largest absolute Gasteiger partial charge is 0.457 e. The minimum absolute atomic E-state index is 0.000120. The molecule has 0 amide bonds. The second-order valence-electron chi connectivity index (χ2n) is 7.83. The van der Waals surface area contributed by atoms with Crippen LogP contribution in [0.2, 0.25) is 5.02 Å². The number of allylic oxidation sites excluding steroid dienone is 1. The van der Waals surface area contributed by atoms with E-state index in [0.717, 1.165) is 11.1 Å². The molecule has 156 valence electrons. The number of halogens is 1. The summed E-state index contributed by atoms with van der Waals surface area (Å²) in [5.41, 5.74) is 2.99. The first kappa shape index (κ1) is 21.1. The van der Waals surface area contributed by atoms with Gasteiger partial charge in [0.1, 0.15) is 6.61 Å². The third-order valence-electron chi connectivity index (χ3n) is 5.74. The number of hydrogen-bond acceptors (Lipinski definition) is 3. The van der Waals surface area contributed by atoms with Gasteiger partial charge >= 0.3 is 5.97 Å². The molecule has 31 heavy (non-hydrogen) atoms. The van der Waals surface area contributed by atoms with Crippen molar-refractivity contribution in [1.82, 2.24) is 0 Å². The number of Topliss-reactive ketones (excluding diaryl/α,β-unsaturated/α-hetero) is 1. The number of ketones is 1. The Balaban J connectivity index is 1.63. The molecule has 3 aromatic carbocycles. The molecule has 0 N–H and O–H groups in total. The summed E-state index contributed by atoms with van der Waals surface area (Å²) in [5.74, 6) is -1.23. The highest BCUT2D eigenvalue weighted by Crippen LogP contribution is 2.45. The van der Waals surface area contributed by atoms with Crippen molar-refractivity contribution < 1.29 is 14.3 Å². The van der Waals surface area contributed by atoms with Gasteiger partial charge < -0.3 is 4.74 Å². The van der Waals surface area contributed by atoms with E-state index in [1.54, 1.807) is 24.3 Å². The molecule has 0 radical (unpaired) electrons. The predicted molar refractivity (Wildman–Crippen MR) is 122 cm³/mol. The second kappa shape index (κ2) is 9.32. The average molecular weight is 431 g/mol. The van der Waals surface area contributed by atoms with Crippen LogP contribution in [0.3, 0.4) is 0 Å². The van der Waals surface area contributed by atoms with Crippen LogP contribution in [-0.4, -0.2) is 11.8 Å². The second-order valence-corrected chi connectivity index (χ2v) is 8.26. The summed E-state index contributed by atoms with van der Waals surface area (Å²) >= 11 is 6.00. The third-order valence-corrected chi connectivity index (χ3v) is 5.99. The van der Waals surface area contributed by atoms with Crippen LogP contribution in [0, 0.1) is 11.8 Å². The van der Waals surface area contributed by atoms with E-state index in [0.29, 0.717) is 16.2 Å². The number of carbonyl (C=O) groups excluding carboxylic acids is 2. The van der Waals surface area contributed by atoms with Crippen LogP contribution in [0.25, 0.3) is 0 Å². The first-order valence-electron chi connectivity index (χ1n) is 10.3. The average Bonchev–Trinajstić information content (AvgIpc) is 3.16. The van der Waals surface area contributed by atoms with Gasteiger partial charge in [0.05, 0.1) is 0 Å². The van der Waals surface area contributed by atoms with Gasteiger partial charge in [0.15, 0.2) is 5.78 Å². The molecule has 0 heterocycles. The normalized spacial score (nSPS) is 20.2. The minimum Gasteiger partial charge on any atom is -0.457 e. The maximum atomic E-state index is 13.5. The fourth-order valence-corrected chi connectivity index (χ4v) is 4.36. The highest BCUT2D eigenvalue weighted by atomic mass is 35.5. The number of hydrogen-bond donors (Lipinski definition) is 0. The summed E-state index contributed by atoms with van der Waals surface area (Å²) in [6.45, 7) is 2.18. The zero-order valence-corrected chi connectivity index (χ0v) is 18.0. The van der Waals surface area contributed by atoms with Crippen LogP contribution in [-0.2, 0) is 16.1 Å². The van der Waals surface area contributed by atoms with Crippen molar-refractivity contribution in [3.8, 4) is 0 Å². The van der Waals surface area contributed by atoms with E-state index in [1.807, 2.05) is 73.7 Å². The number of carbonyl (C=O) groups is 2. The summed E-state index contributed by atoms with van der Waals surface area (Å²) in [5, 5.41) is 0.582. The summed E-state index contributed by atoms with van der Waals surface area (Å²) in [6.07, 6.45) is 1.89. The molecular formula is C27H23ClO3. The molecule has 4 heteroatoms. The third kappa shape index (κ3) is 4.62. The zero-order valence-electron chi connectivity index (χ0n) is 17.2. The quantitative estimate of drug-likeness (QED) is 0.343. The smallest absolute Gasteiger partial charge is 0.334 e. The van der Waals surface area contributed by atoms with E-state index in [2.05, 4.69) is 0 Å². The lowest BCUT2D eigenvalue weighted by Crippen LogP contribution is -2.26. The number of ether oxygens (including phenoxy) is 1. The molecule has 4 rings (SSSR count). The number of rotatable bonds is 6. The monoisotopic (exact) mass is 430 g/mol. The SMILES string of the molecule is C[C@H]1C=C(C(=O)OCc2ccccc2)[C@@H](c2ccccc2)[C@@H]1C(=O)c1ccc(Cl)cc1. The van der Waals surface area contributed by atoms with Gasteiger partial charge in [-0.1, -0.05) is 85.3 Å². The van der Waals surface area contributed by atoms with Gasteiger partial charge in [-0.15, -0.1) is 0 Å². The fraction of sp³-hybridized carbons (Fsp3) is 0.185. The summed E-state index contributed by atoms with van der Waals surface area (Å²) in [6, 6.07) is 26.2. The Morgan fingerprint density at radius 1 is 0.871 bits per heavy atom. The molecule has 1 aliphatic rings. The van der Waals surface area contributed by atoms with Crippen LogP contribution >= 0.6 is 11.6 Å².